The Hall–Kier alpha value is -3.12. The Morgan fingerprint density at radius 2 is 1.69 bits per heavy atom. The second kappa shape index (κ2) is 10.5. The first kappa shape index (κ1) is 23.5. The molecule has 0 heterocycles. The Morgan fingerprint density at radius 3 is 2.31 bits per heavy atom. The lowest BCUT2D eigenvalue weighted by Crippen LogP contribution is -2.45. The Balaban J connectivity index is 2.03. The molecule has 1 N–H and O–H groups in total. The number of amides is 1. The predicted molar refractivity (Wildman–Crippen MR) is 129 cm³/mol. The van der Waals surface area contributed by atoms with E-state index in [9.17, 15) is 14.7 Å². The molecule has 32 heavy (non-hydrogen) atoms. The Kier molecular flexibility index (Phi) is 7.70. The van der Waals surface area contributed by atoms with E-state index in [0.717, 1.165) is 15.6 Å². The maximum absolute atomic E-state index is 13.8. The van der Waals surface area contributed by atoms with Crippen LogP contribution in [-0.2, 0) is 11.3 Å². The van der Waals surface area contributed by atoms with Crippen LogP contribution in [0.15, 0.2) is 77.3 Å². The molecule has 0 aliphatic heterocycles. The van der Waals surface area contributed by atoms with Crippen LogP contribution in [0.25, 0.3) is 0 Å². The highest BCUT2D eigenvalue weighted by Crippen LogP contribution is 2.27. The van der Waals surface area contributed by atoms with Gasteiger partial charge in [0.15, 0.2) is 6.10 Å². The molecule has 1 atom stereocenters. The summed E-state index contributed by atoms with van der Waals surface area (Å²) in [5.74, 6) is -0.910. The van der Waals surface area contributed by atoms with E-state index in [-0.39, 0.29) is 23.9 Å². The van der Waals surface area contributed by atoms with Crippen molar-refractivity contribution >= 4 is 33.5 Å². The van der Waals surface area contributed by atoms with Crippen molar-refractivity contribution in [2.75, 3.05) is 4.90 Å². The van der Waals surface area contributed by atoms with Gasteiger partial charge in [0, 0.05) is 4.47 Å². The second-order valence-corrected chi connectivity index (χ2v) is 8.89. The highest BCUT2D eigenvalue weighted by molar-refractivity contribution is 9.10. The molecule has 0 saturated carbocycles. The molecule has 0 fully saturated rings. The van der Waals surface area contributed by atoms with Crippen molar-refractivity contribution in [2.45, 2.75) is 33.4 Å². The average Bonchev–Trinajstić information content (AvgIpc) is 2.76. The molecule has 6 heteroatoms. The van der Waals surface area contributed by atoms with Crippen LogP contribution >= 0.6 is 15.9 Å². The molecule has 0 aliphatic carbocycles. The first-order valence-corrected chi connectivity index (χ1v) is 11.2. The number of hydrogen-bond acceptors (Lipinski definition) is 3. The Bertz CT molecular complexity index is 1090. The molecule has 3 rings (SSSR count). The zero-order valence-electron chi connectivity index (χ0n) is 18.3. The molecule has 0 bridgehead atoms. The first-order chi connectivity index (χ1) is 15.3. The number of hydrogen-bond donors (Lipinski definition) is 1. The van der Waals surface area contributed by atoms with E-state index in [1.165, 1.54) is 11.0 Å². The molecule has 3 aromatic carbocycles. The standard InChI is InChI=1S/C26H26BrNO4/c1-17(2)24(32-21-8-6-7-18(3)15-21)25(29)28(16-19-11-13-20(27)14-12-19)23-10-5-4-9-22(23)26(30)31/h4-15,17,24H,16H2,1-3H3,(H,30,31). The van der Waals surface area contributed by atoms with E-state index in [4.69, 9.17) is 4.74 Å². The third kappa shape index (κ3) is 5.77. The lowest BCUT2D eigenvalue weighted by atomic mass is 10.0. The third-order valence-corrected chi connectivity index (χ3v) is 5.58. The number of anilines is 1. The van der Waals surface area contributed by atoms with Crippen molar-refractivity contribution in [2.24, 2.45) is 5.92 Å². The number of halogens is 1. The number of benzene rings is 3. The fourth-order valence-electron chi connectivity index (χ4n) is 3.40. The summed E-state index contributed by atoms with van der Waals surface area (Å²) in [5, 5.41) is 9.74. The quantitative estimate of drug-likeness (QED) is 0.410. The topological polar surface area (TPSA) is 66.8 Å². The van der Waals surface area contributed by atoms with Crippen LogP contribution in [0.4, 0.5) is 5.69 Å². The van der Waals surface area contributed by atoms with Gasteiger partial charge in [0.2, 0.25) is 0 Å². The molecule has 0 spiro atoms. The number of rotatable bonds is 8. The molecule has 5 nitrogen and oxygen atoms in total. The smallest absolute Gasteiger partial charge is 0.337 e. The van der Waals surface area contributed by atoms with Crippen LogP contribution in [0.3, 0.4) is 0 Å². The molecule has 0 saturated heterocycles. The predicted octanol–water partition coefficient (Wildman–Crippen LogP) is 6.09. The monoisotopic (exact) mass is 495 g/mol. The number of para-hydroxylation sites is 1. The lowest BCUT2D eigenvalue weighted by molar-refractivity contribution is -0.127. The SMILES string of the molecule is Cc1cccc(OC(C(=O)N(Cc2ccc(Br)cc2)c2ccccc2C(=O)O)C(C)C)c1. The van der Waals surface area contributed by atoms with Gasteiger partial charge in [-0.15, -0.1) is 0 Å². The zero-order valence-corrected chi connectivity index (χ0v) is 19.9. The van der Waals surface area contributed by atoms with E-state index in [1.54, 1.807) is 18.2 Å². The van der Waals surface area contributed by atoms with Crippen LogP contribution in [0.5, 0.6) is 5.75 Å². The fraction of sp³-hybridized carbons (Fsp3) is 0.231. The number of carbonyl (C=O) groups is 2. The number of carboxylic acid groups (broad SMARTS) is 1. The van der Waals surface area contributed by atoms with Crippen molar-refractivity contribution in [1.82, 2.24) is 0 Å². The lowest BCUT2D eigenvalue weighted by Gasteiger charge is -2.30. The molecular formula is C26H26BrNO4. The zero-order chi connectivity index (χ0) is 23.3. The molecule has 0 aromatic heterocycles. The van der Waals surface area contributed by atoms with E-state index in [2.05, 4.69) is 15.9 Å². The second-order valence-electron chi connectivity index (χ2n) is 7.97. The van der Waals surface area contributed by atoms with Crippen molar-refractivity contribution in [3.05, 3.63) is 94.0 Å². The summed E-state index contributed by atoms with van der Waals surface area (Å²) in [5.41, 5.74) is 2.31. The minimum Gasteiger partial charge on any atom is -0.480 e. The highest BCUT2D eigenvalue weighted by Gasteiger charge is 2.32. The van der Waals surface area contributed by atoms with Gasteiger partial charge >= 0.3 is 5.97 Å². The number of aryl methyl sites for hydroxylation is 1. The van der Waals surface area contributed by atoms with E-state index in [0.29, 0.717) is 11.4 Å². The van der Waals surface area contributed by atoms with Gasteiger partial charge < -0.3 is 14.7 Å². The summed E-state index contributed by atoms with van der Waals surface area (Å²) >= 11 is 3.42. The van der Waals surface area contributed by atoms with Crippen molar-refractivity contribution in [3.8, 4) is 5.75 Å². The number of carboxylic acids is 1. The molecule has 1 amide bonds. The molecule has 3 aromatic rings. The largest absolute Gasteiger partial charge is 0.480 e. The average molecular weight is 496 g/mol. The van der Waals surface area contributed by atoms with Gasteiger partial charge in [-0.3, -0.25) is 4.79 Å². The van der Waals surface area contributed by atoms with Crippen LogP contribution in [0, 0.1) is 12.8 Å². The maximum Gasteiger partial charge on any atom is 0.337 e. The van der Waals surface area contributed by atoms with Gasteiger partial charge in [-0.25, -0.2) is 4.79 Å². The van der Waals surface area contributed by atoms with Gasteiger partial charge in [-0.05, 0) is 60.4 Å². The van der Waals surface area contributed by atoms with E-state index in [1.807, 2.05) is 69.3 Å². The summed E-state index contributed by atoms with van der Waals surface area (Å²) in [6, 6.07) is 21.7. The van der Waals surface area contributed by atoms with Gasteiger partial charge in [0.05, 0.1) is 17.8 Å². The summed E-state index contributed by atoms with van der Waals surface area (Å²) in [6.07, 6.45) is -0.783. The maximum atomic E-state index is 13.8. The van der Waals surface area contributed by atoms with Gasteiger partial charge in [0.25, 0.3) is 5.91 Å². The normalized spacial score (nSPS) is 11.8. The third-order valence-electron chi connectivity index (χ3n) is 5.05. The van der Waals surface area contributed by atoms with Gasteiger partial charge in [0.1, 0.15) is 5.75 Å². The first-order valence-electron chi connectivity index (χ1n) is 10.4. The van der Waals surface area contributed by atoms with Crippen molar-refractivity contribution < 1.29 is 19.4 Å². The minimum absolute atomic E-state index is 0.0658. The molecule has 166 valence electrons. The van der Waals surface area contributed by atoms with Crippen LogP contribution in [0.1, 0.15) is 35.3 Å². The fourth-order valence-corrected chi connectivity index (χ4v) is 3.67. The van der Waals surface area contributed by atoms with Gasteiger partial charge in [-0.1, -0.05) is 66.2 Å². The molecule has 0 radical (unpaired) electrons. The summed E-state index contributed by atoms with van der Waals surface area (Å²) in [6.45, 7) is 6.01. The molecule has 0 aliphatic rings. The summed E-state index contributed by atoms with van der Waals surface area (Å²) < 4.78 is 7.06. The van der Waals surface area contributed by atoms with E-state index >= 15 is 0 Å². The molecular weight excluding hydrogens is 470 g/mol. The van der Waals surface area contributed by atoms with Crippen molar-refractivity contribution in [1.29, 1.82) is 0 Å². The number of ether oxygens (including phenoxy) is 1. The van der Waals surface area contributed by atoms with E-state index < -0.39 is 12.1 Å². The Morgan fingerprint density at radius 1 is 1.00 bits per heavy atom. The molecule has 1 unspecified atom stereocenters. The van der Waals surface area contributed by atoms with Gasteiger partial charge in [-0.2, -0.15) is 0 Å². The van der Waals surface area contributed by atoms with Crippen LogP contribution in [0.2, 0.25) is 0 Å². The number of aromatic carboxylic acids is 1. The highest BCUT2D eigenvalue weighted by atomic mass is 79.9. The van der Waals surface area contributed by atoms with Crippen LogP contribution < -0.4 is 9.64 Å². The number of nitrogens with zero attached hydrogens (tertiary/aromatic N) is 1. The summed E-state index contributed by atoms with van der Waals surface area (Å²) in [4.78, 5) is 27.2. The Labute approximate surface area is 196 Å². The minimum atomic E-state index is -1.09. The van der Waals surface area contributed by atoms with Crippen molar-refractivity contribution in [3.63, 3.8) is 0 Å². The number of carbonyl (C=O) groups excluding carboxylic acids is 1. The van der Waals surface area contributed by atoms with Crippen LogP contribution in [-0.4, -0.2) is 23.1 Å². The summed E-state index contributed by atoms with van der Waals surface area (Å²) in [7, 11) is 0.